The van der Waals surface area contributed by atoms with Crippen molar-refractivity contribution in [3.05, 3.63) is 29.6 Å². The van der Waals surface area contributed by atoms with Crippen molar-refractivity contribution in [3.63, 3.8) is 0 Å². The number of nitrogens with one attached hydrogen (secondary N) is 1. The van der Waals surface area contributed by atoms with Crippen LogP contribution in [0.3, 0.4) is 0 Å². The van der Waals surface area contributed by atoms with E-state index in [1.54, 1.807) is 12.3 Å². The lowest BCUT2D eigenvalue weighted by molar-refractivity contribution is 0.0932. The molecule has 0 spiro atoms. The molecule has 1 amide bonds. The molecule has 0 saturated heterocycles. The number of nitrogens with zero attached hydrogens (tertiary/aromatic N) is 1. The monoisotopic (exact) mass is 233 g/mol. The predicted octanol–water partition coefficient (Wildman–Crippen LogP) is 1.46. The van der Waals surface area contributed by atoms with Gasteiger partial charge < -0.3 is 11.1 Å². The summed E-state index contributed by atoms with van der Waals surface area (Å²) < 4.78 is 0. The van der Waals surface area contributed by atoms with Gasteiger partial charge in [-0.25, -0.2) is 0 Å². The molecule has 2 rings (SSSR count). The summed E-state index contributed by atoms with van der Waals surface area (Å²) in [5.74, 6) is 0.639. The fraction of sp³-hybridized carbons (Fsp3) is 0.538. The summed E-state index contributed by atoms with van der Waals surface area (Å²) in [6.45, 7) is 2.68. The lowest BCUT2D eigenvalue weighted by Crippen LogP contribution is -2.33. The molecule has 4 nitrogen and oxygen atoms in total. The number of aromatic nitrogens is 1. The van der Waals surface area contributed by atoms with Gasteiger partial charge in [0.05, 0.1) is 0 Å². The smallest absolute Gasteiger partial charge is 0.270 e. The van der Waals surface area contributed by atoms with E-state index in [-0.39, 0.29) is 5.91 Å². The van der Waals surface area contributed by atoms with Crippen molar-refractivity contribution in [2.75, 3.05) is 0 Å². The van der Waals surface area contributed by atoms with Gasteiger partial charge in [-0.05, 0) is 36.8 Å². The van der Waals surface area contributed by atoms with E-state index in [4.69, 9.17) is 5.73 Å². The summed E-state index contributed by atoms with van der Waals surface area (Å²) in [6, 6.07) is 3.89. The molecule has 2 atom stereocenters. The minimum absolute atomic E-state index is 0.0762. The van der Waals surface area contributed by atoms with Crippen molar-refractivity contribution in [2.45, 2.75) is 38.8 Å². The highest BCUT2D eigenvalue weighted by Crippen LogP contribution is 2.24. The summed E-state index contributed by atoms with van der Waals surface area (Å²) in [7, 11) is 0. The molecule has 4 heteroatoms. The Hall–Kier alpha value is -1.42. The standard InChI is InChI=1S/C13H19N3O/c1-9-2-4-11(6-9)16-13(17)12-5-3-10(7-14)8-15-12/h3,5,8-9,11H,2,4,6-7,14H2,1H3,(H,16,17). The zero-order valence-corrected chi connectivity index (χ0v) is 10.1. The van der Waals surface area contributed by atoms with Gasteiger partial charge in [-0.1, -0.05) is 13.0 Å². The summed E-state index contributed by atoms with van der Waals surface area (Å²) in [4.78, 5) is 16.0. The molecule has 1 aliphatic rings. The van der Waals surface area contributed by atoms with Gasteiger partial charge in [0.15, 0.2) is 0 Å². The molecule has 92 valence electrons. The van der Waals surface area contributed by atoms with E-state index >= 15 is 0 Å². The molecule has 1 aliphatic carbocycles. The topological polar surface area (TPSA) is 68.0 Å². The minimum Gasteiger partial charge on any atom is -0.348 e. The first kappa shape index (κ1) is 12.0. The molecule has 0 bridgehead atoms. The molecule has 0 aromatic carbocycles. The number of amides is 1. The fourth-order valence-corrected chi connectivity index (χ4v) is 2.28. The van der Waals surface area contributed by atoms with Crippen LogP contribution in [-0.4, -0.2) is 16.9 Å². The Kier molecular flexibility index (Phi) is 3.74. The van der Waals surface area contributed by atoms with Crippen LogP contribution in [0.15, 0.2) is 18.3 Å². The Bertz CT molecular complexity index is 388. The first-order valence-corrected chi connectivity index (χ1v) is 6.15. The summed E-state index contributed by atoms with van der Waals surface area (Å²) in [6.07, 6.45) is 5.01. The molecule has 1 aromatic heterocycles. The van der Waals surface area contributed by atoms with Gasteiger partial charge in [0.1, 0.15) is 5.69 Å². The zero-order chi connectivity index (χ0) is 12.3. The van der Waals surface area contributed by atoms with Crippen LogP contribution in [0.1, 0.15) is 42.2 Å². The number of nitrogens with two attached hydrogens (primary N) is 1. The van der Waals surface area contributed by atoms with Crippen LogP contribution in [0.25, 0.3) is 0 Å². The molecule has 1 heterocycles. The number of carbonyl (C=O) groups excluding carboxylic acids is 1. The van der Waals surface area contributed by atoms with E-state index in [9.17, 15) is 4.79 Å². The van der Waals surface area contributed by atoms with Crippen molar-refractivity contribution < 1.29 is 4.79 Å². The Morgan fingerprint density at radius 3 is 2.88 bits per heavy atom. The van der Waals surface area contributed by atoms with Crippen molar-refractivity contribution in [1.29, 1.82) is 0 Å². The second-order valence-corrected chi connectivity index (χ2v) is 4.84. The minimum atomic E-state index is -0.0762. The van der Waals surface area contributed by atoms with Crippen LogP contribution in [0.4, 0.5) is 0 Å². The highest BCUT2D eigenvalue weighted by molar-refractivity contribution is 5.92. The Morgan fingerprint density at radius 2 is 2.35 bits per heavy atom. The summed E-state index contributed by atoms with van der Waals surface area (Å²) >= 11 is 0. The number of hydrogen-bond acceptors (Lipinski definition) is 3. The maximum atomic E-state index is 11.9. The fourth-order valence-electron chi connectivity index (χ4n) is 2.28. The van der Waals surface area contributed by atoms with Gasteiger partial charge in [0.2, 0.25) is 0 Å². The second kappa shape index (κ2) is 5.27. The van der Waals surface area contributed by atoms with Gasteiger partial charge in [-0.15, -0.1) is 0 Å². The van der Waals surface area contributed by atoms with Crippen LogP contribution in [0.2, 0.25) is 0 Å². The van der Waals surface area contributed by atoms with E-state index in [1.165, 1.54) is 6.42 Å². The molecular weight excluding hydrogens is 214 g/mol. The molecule has 1 fully saturated rings. The zero-order valence-electron chi connectivity index (χ0n) is 10.1. The SMILES string of the molecule is CC1CCC(NC(=O)c2ccc(CN)cn2)C1. The normalized spacial score (nSPS) is 23.6. The first-order valence-electron chi connectivity index (χ1n) is 6.15. The maximum Gasteiger partial charge on any atom is 0.270 e. The van der Waals surface area contributed by atoms with Crippen LogP contribution in [-0.2, 0) is 6.54 Å². The molecule has 0 aliphatic heterocycles. The van der Waals surface area contributed by atoms with Gasteiger partial charge in [0.25, 0.3) is 5.91 Å². The van der Waals surface area contributed by atoms with Crippen LogP contribution < -0.4 is 11.1 Å². The molecule has 3 N–H and O–H groups in total. The van der Waals surface area contributed by atoms with Crippen molar-refractivity contribution in [3.8, 4) is 0 Å². The highest BCUT2D eigenvalue weighted by Gasteiger charge is 2.23. The quantitative estimate of drug-likeness (QED) is 0.830. The third-order valence-corrected chi connectivity index (χ3v) is 3.32. The van der Waals surface area contributed by atoms with Crippen molar-refractivity contribution in [2.24, 2.45) is 11.7 Å². The number of carbonyl (C=O) groups is 1. The molecule has 17 heavy (non-hydrogen) atoms. The van der Waals surface area contributed by atoms with Gasteiger partial charge in [0, 0.05) is 18.8 Å². The van der Waals surface area contributed by atoms with Crippen molar-refractivity contribution >= 4 is 5.91 Å². The Labute approximate surface area is 102 Å². The molecule has 2 unspecified atom stereocenters. The van der Waals surface area contributed by atoms with Crippen LogP contribution in [0.5, 0.6) is 0 Å². The maximum absolute atomic E-state index is 11.9. The molecular formula is C13H19N3O. The number of pyridine rings is 1. The van der Waals surface area contributed by atoms with Crippen molar-refractivity contribution in [1.82, 2.24) is 10.3 Å². The molecule has 1 aromatic rings. The average molecular weight is 233 g/mol. The lowest BCUT2D eigenvalue weighted by Gasteiger charge is -2.11. The van der Waals surface area contributed by atoms with E-state index in [1.807, 2.05) is 6.07 Å². The number of rotatable bonds is 3. The molecule has 1 saturated carbocycles. The third-order valence-electron chi connectivity index (χ3n) is 3.32. The van der Waals surface area contributed by atoms with Gasteiger partial charge >= 0.3 is 0 Å². The van der Waals surface area contributed by atoms with E-state index in [0.717, 1.165) is 18.4 Å². The Balaban J connectivity index is 1.94. The van der Waals surface area contributed by atoms with Crippen LogP contribution >= 0.6 is 0 Å². The summed E-state index contributed by atoms with van der Waals surface area (Å²) in [5, 5.41) is 3.03. The molecule has 0 radical (unpaired) electrons. The first-order chi connectivity index (χ1) is 8.19. The second-order valence-electron chi connectivity index (χ2n) is 4.84. The van der Waals surface area contributed by atoms with E-state index in [0.29, 0.717) is 24.2 Å². The number of hydrogen-bond donors (Lipinski definition) is 2. The lowest BCUT2D eigenvalue weighted by atomic mass is 10.1. The van der Waals surface area contributed by atoms with Crippen LogP contribution in [0, 0.1) is 5.92 Å². The predicted molar refractivity (Wildman–Crippen MR) is 66.4 cm³/mol. The van der Waals surface area contributed by atoms with E-state index < -0.39 is 0 Å². The highest BCUT2D eigenvalue weighted by atomic mass is 16.1. The largest absolute Gasteiger partial charge is 0.348 e. The summed E-state index contributed by atoms with van der Waals surface area (Å²) in [5.41, 5.74) is 6.90. The van der Waals surface area contributed by atoms with E-state index in [2.05, 4.69) is 17.2 Å². The average Bonchev–Trinajstić information content (AvgIpc) is 2.75. The van der Waals surface area contributed by atoms with Gasteiger partial charge in [-0.2, -0.15) is 0 Å². The third kappa shape index (κ3) is 3.03. The van der Waals surface area contributed by atoms with Gasteiger partial charge in [-0.3, -0.25) is 9.78 Å². The Morgan fingerprint density at radius 1 is 1.53 bits per heavy atom.